The van der Waals surface area contributed by atoms with E-state index in [1.54, 1.807) is 0 Å². The van der Waals surface area contributed by atoms with Crippen LogP contribution in [0.5, 0.6) is 0 Å². The van der Waals surface area contributed by atoms with Crippen molar-refractivity contribution in [2.75, 3.05) is 38.5 Å². The van der Waals surface area contributed by atoms with Crippen LogP contribution < -0.4 is 5.32 Å². The normalized spacial score (nSPS) is 29.4. The third-order valence-corrected chi connectivity index (χ3v) is 4.97. The Morgan fingerprint density at radius 2 is 2.44 bits per heavy atom. The van der Waals surface area contributed by atoms with Gasteiger partial charge in [-0.3, -0.25) is 9.69 Å². The van der Waals surface area contributed by atoms with Crippen molar-refractivity contribution in [3.8, 4) is 0 Å². The largest absolute Gasteiger partial charge is 0.376 e. The number of nitrogens with one attached hydrogen (secondary N) is 1. The maximum absolute atomic E-state index is 11.8. The first kappa shape index (κ1) is 14.2. The molecule has 0 aromatic rings. The topological polar surface area (TPSA) is 41.6 Å². The van der Waals surface area contributed by atoms with E-state index in [0.717, 1.165) is 38.3 Å². The molecule has 5 heteroatoms. The molecule has 1 N–H and O–H groups in total. The summed E-state index contributed by atoms with van der Waals surface area (Å²) in [7, 11) is 0. The summed E-state index contributed by atoms with van der Waals surface area (Å²) in [6.45, 7) is 6.38. The zero-order chi connectivity index (χ0) is 12.8. The van der Waals surface area contributed by atoms with Gasteiger partial charge in [-0.25, -0.2) is 0 Å². The van der Waals surface area contributed by atoms with E-state index in [9.17, 15) is 4.79 Å². The molecule has 18 heavy (non-hydrogen) atoms. The van der Waals surface area contributed by atoms with Crippen molar-refractivity contribution >= 4 is 17.7 Å². The standard InChI is InChI=1S/C13H24N2O2S/c1-2-12-9-15(5-7-18-12)10-13(16)14-8-11-4-3-6-17-11/h11-12H,2-10H2,1H3,(H,14,16)/t11-,12+/m0/s1. The smallest absolute Gasteiger partial charge is 0.234 e. The molecule has 2 atom stereocenters. The molecule has 2 fully saturated rings. The van der Waals surface area contributed by atoms with Gasteiger partial charge in [-0.2, -0.15) is 11.8 Å². The Hall–Kier alpha value is -0.260. The SMILES string of the molecule is CC[C@@H]1CN(CC(=O)NC[C@@H]2CCCO2)CCS1. The Morgan fingerprint density at radius 3 is 3.17 bits per heavy atom. The van der Waals surface area contributed by atoms with E-state index >= 15 is 0 Å². The van der Waals surface area contributed by atoms with Crippen LogP contribution in [0.1, 0.15) is 26.2 Å². The van der Waals surface area contributed by atoms with Gasteiger partial charge in [0.25, 0.3) is 0 Å². The second-order valence-electron chi connectivity index (χ2n) is 5.08. The van der Waals surface area contributed by atoms with Crippen molar-refractivity contribution in [1.82, 2.24) is 10.2 Å². The molecule has 0 bridgehead atoms. The van der Waals surface area contributed by atoms with Crippen molar-refractivity contribution in [2.24, 2.45) is 0 Å². The molecule has 1 amide bonds. The van der Waals surface area contributed by atoms with Crippen LogP contribution in [-0.4, -0.2) is 60.7 Å². The van der Waals surface area contributed by atoms with E-state index in [1.165, 1.54) is 6.42 Å². The van der Waals surface area contributed by atoms with Crippen molar-refractivity contribution in [3.05, 3.63) is 0 Å². The number of rotatable bonds is 5. The van der Waals surface area contributed by atoms with E-state index < -0.39 is 0 Å². The summed E-state index contributed by atoms with van der Waals surface area (Å²) < 4.78 is 5.50. The molecule has 4 nitrogen and oxygen atoms in total. The molecule has 2 rings (SSSR count). The van der Waals surface area contributed by atoms with Crippen LogP contribution in [0.3, 0.4) is 0 Å². The fraction of sp³-hybridized carbons (Fsp3) is 0.923. The first-order valence-electron chi connectivity index (χ1n) is 7.00. The molecule has 2 aliphatic rings. The van der Waals surface area contributed by atoms with E-state index in [-0.39, 0.29) is 12.0 Å². The van der Waals surface area contributed by atoms with E-state index in [0.29, 0.717) is 18.3 Å². The Labute approximate surface area is 114 Å². The summed E-state index contributed by atoms with van der Waals surface area (Å²) in [5.74, 6) is 1.30. The Balaban J connectivity index is 1.63. The molecule has 2 heterocycles. The number of amides is 1. The van der Waals surface area contributed by atoms with Crippen LogP contribution in [0.15, 0.2) is 0 Å². The Bertz CT molecular complexity index is 270. The summed E-state index contributed by atoms with van der Waals surface area (Å²) in [5.41, 5.74) is 0. The van der Waals surface area contributed by atoms with Gasteiger partial charge in [-0.15, -0.1) is 0 Å². The van der Waals surface area contributed by atoms with Crippen molar-refractivity contribution in [2.45, 2.75) is 37.5 Å². The number of hydrogen-bond acceptors (Lipinski definition) is 4. The van der Waals surface area contributed by atoms with Crippen LogP contribution in [0.25, 0.3) is 0 Å². The molecule has 104 valence electrons. The lowest BCUT2D eigenvalue weighted by Crippen LogP contribution is -2.45. The van der Waals surface area contributed by atoms with Gasteiger partial charge in [-0.1, -0.05) is 6.92 Å². The van der Waals surface area contributed by atoms with Crippen LogP contribution in [0.2, 0.25) is 0 Å². The molecule has 2 saturated heterocycles. The van der Waals surface area contributed by atoms with Crippen molar-refractivity contribution in [1.29, 1.82) is 0 Å². The number of thioether (sulfide) groups is 1. The Kier molecular flexibility index (Phi) is 5.79. The molecule has 0 aliphatic carbocycles. The number of hydrogen-bond donors (Lipinski definition) is 1. The number of ether oxygens (including phenoxy) is 1. The first-order chi connectivity index (χ1) is 8.78. The number of carbonyl (C=O) groups excluding carboxylic acids is 1. The van der Waals surface area contributed by atoms with E-state index in [2.05, 4.69) is 17.1 Å². The number of carbonyl (C=O) groups is 1. The lowest BCUT2D eigenvalue weighted by molar-refractivity contribution is -0.122. The van der Waals surface area contributed by atoms with Gasteiger partial charge in [0.15, 0.2) is 0 Å². The quantitative estimate of drug-likeness (QED) is 0.814. The minimum Gasteiger partial charge on any atom is -0.376 e. The molecular formula is C13H24N2O2S. The highest BCUT2D eigenvalue weighted by Crippen LogP contribution is 2.20. The fourth-order valence-electron chi connectivity index (χ4n) is 2.46. The lowest BCUT2D eigenvalue weighted by Gasteiger charge is -2.31. The Morgan fingerprint density at radius 1 is 1.56 bits per heavy atom. The molecule has 0 aromatic heterocycles. The van der Waals surface area contributed by atoms with Gasteiger partial charge in [0, 0.05) is 37.2 Å². The average molecular weight is 272 g/mol. The van der Waals surface area contributed by atoms with Crippen LogP contribution in [0.4, 0.5) is 0 Å². The molecule has 0 spiro atoms. The van der Waals surface area contributed by atoms with Gasteiger partial charge in [0.2, 0.25) is 5.91 Å². The highest BCUT2D eigenvalue weighted by Gasteiger charge is 2.21. The minimum atomic E-state index is 0.146. The number of nitrogens with zero attached hydrogens (tertiary/aromatic N) is 1. The maximum Gasteiger partial charge on any atom is 0.234 e. The van der Waals surface area contributed by atoms with Gasteiger partial charge in [0.1, 0.15) is 0 Å². The van der Waals surface area contributed by atoms with Gasteiger partial charge < -0.3 is 10.1 Å². The zero-order valence-electron chi connectivity index (χ0n) is 11.2. The van der Waals surface area contributed by atoms with Crippen LogP contribution >= 0.6 is 11.8 Å². The molecule has 0 unspecified atom stereocenters. The predicted molar refractivity (Wildman–Crippen MR) is 75.0 cm³/mol. The van der Waals surface area contributed by atoms with Crippen LogP contribution in [-0.2, 0) is 9.53 Å². The third kappa shape index (κ3) is 4.44. The average Bonchev–Trinajstić information content (AvgIpc) is 2.90. The predicted octanol–water partition coefficient (Wildman–Crippen LogP) is 1.11. The van der Waals surface area contributed by atoms with E-state index in [4.69, 9.17) is 4.74 Å². The zero-order valence-corrected chi connectivity index (χ0v) is 12.0. The summed E-state index contributed by atoms with van der Waals surface area (Å²) in [5, 5.41) is 3.69. The molecule has 0 saturated carbocycles. The van der Waals surface area contributed by atoms with Gasteiger partial charge >= 0.3 is 0 Å². The third-order valence-electron chi connectivity index (χ3n) is 3.60. The molecule has 0 aromatic carbocycles. The lowest BCUT2D eigenvalue weighted by atomic mass is 10.2. The van der Waals surface area contributed by atoms with Crippen molar-refractivity contribution in [3.63, 3.8) is 0 Å². The fourth-order valence-corrected chi connectivity index (χ4v) is 3.71. The summed E-state index contributed by atoms with van der Waals surface area (Å²) in [6.07, 6.45) is 3.65. The minimum absolute atomic E-state index is 0.146. The second kappa shape index (κ2) is 7.36. The highest BCUT2D eigenvalue weighted by molar-refractivity contribution is 8.00. The summed E-state index contributed by atoms with van der Waals surface area (Å²) in [4.78, 5) is 14.1. The molecular weight excluding hydrogens is 248 g/mol. The van der Waals surface area contributed by atoms with Crippen LogP contribution in [0, 0.1) is 0 Å². The van der Waals surface area contributed by atoms with Crippen molar-refractivity contribution < 1.29 is 9.53 Å². The summed E-state index contributed by atoms with van der Waals surface area (Å²) in [6, 6.07) is 0. The monoisotopic (exact) mass is 272 g/mol. The molecule has 2 aliphatic heterocycles. The second-order valence-corrected chi connectivity index (χ2v) is 6.48. The van der Waals surface area contributed by atoms with Gasteiger partial charge in [-0.05, 0) is 19.3 Å². The highest BCUT2D eigenvalue weighted by atomic mass is 32.2. The summed E-state index contributed by atoms with van der Waals surface area (Å²) >= 11 is 2.03. The van der Waals surface area contributed by atoms with Gasteiger partial charge in [0.05, 0.1) is 12.6 Å². The maximum atomic E-state index is 11.8. The molecule has 0 radical (unpaired) electrons. The van der Waals surface area contributed by atoms with E-state index in [1.807, 2.05) is 11.8 Å². The first-order valence-corrected chi connectivity index (χ1v) is 8.05.